The van der Waals surface area contributed by atoms with E-state index in [2.05, 4.69) is 0 Å². The van der Waals surface area contributed by atoms with Crippen LogP contribution in [0.3, 0.4) is 0 Å². The first kappa shape index (κ1) is 13.7. The lowest BCUT2D eigenvalue weighted by molar-refractivity contribution is 0.0407. The van der Waals surface area contributed by atoms with E-state index in [1.54, 1.807) is 7.11 Å². The van der Waals surface area contributed by atoms with E-state index in [0.29, 0.717) is 19.1 Å². The zero-order valence-corrected chi connectivity index (χ0v) is 11.7. The molecule has 0 aromatic heterocycles. The first-order valence-corrected chi connectivity index (χ1v) is 6.71. The molecule has 1 fully saturated rings. The molecule has 4 heteroatoms. The highest BCUT2D eigenvalue weighted by atomic mass is 35.5. The molecule has 0 saturated heterocycles. The van der Waals surface area contributed by atoms with Crippen LogP contribution in [0.25, 0.3) is 0 Å². The quantitative estimate of drug-likeness (QED) is 0.863. The third-order valence-corrected chi connectivity index (χ3v) is 3.46. The summed E-state index contributed by atoms with van der Waals surface area (Å²) in [7, 11) is 1.69. The fourth-order valence-electron chi connectivity index (χ4n) is 2.32. The summed E-state index contributed by atoms with van der Waals surface area (Å²) in [5.74, 6) is 1.46. The van der Waals surface area contributed by atoms with Gasteiger partial charge in [0.15, 0.2) is 0 Å². The molecule has 0 amide bonds. The Morgan fingerprint density at radius 3 is 2.72 bits per heavy atom. The molecular weight excluding hydrogens is 250 g/mol. The number of hydrogen-bond acceptors (Lipinski definition) is 3. The van der Waals surface area contributed by atoms with Crippen LogP contribution in [0.1, 0.15) is 30.1 Å². The van der Waals surface area contributed by atoms with Crippen molar-refractivity contribution in [2.75, 3.05) is 20.3 Å². The maximum Gasteiger partial charge on any atom is 0.127 e. The van der Waals surface area contributed by atoms with Gasteiger partial charge in [-0.05, 0) is 43.4 Å². The number of halogens is 1. The Kier molecular flexibility index (Phi) is 4.49. The molecule has 2 N–H and O–H groups in total. The Bertz CT molecular complexity index is 419. The van der Waals surface area contributed by atoms with Crippen molar-refractivity contribution in [2.24, 2.45) is 11.7 Å². The van der Waals surface area contributed by atoms with Crippen molar-refractivity contribution in [3.8, 4) is 5.75 Å². The molecule has 1 saturated carbocycles. The SMILES string of the molecule is COc1c(C)cc(Cl)cc1C(OCCN)C1CC1. The van der Waals surface area contributed by atoms with Crippen LogP contribution in [0.15, 0.2) is 12.1 Å². The second-order valence-electron chi connectivity index (χ2n) is 4.76. The normalized spacial score (nSPS) is 16.7. The van der Waals surface area contributed by atoms with Gasteiger partial charge in [0, 0.05) is 17.1 Å². The minimum Gasteiger partial charge on any atom is -0.496 e. The maximum absolute atomic E-state index is 6.15. The highest BCUT2D eigenvalue weighted by molar-refractivity contribution is 6.30. The average molecular weight is 270 g/mol. The van der Waals surface area contributed by atoms with E-state index < -0.39 is 0 Å². The van der Waals surface area contributed by atoms with E-state index in [1.165, 1.54) is 12.8 Å². The third-order valence-electron chi connectivity index (χ3n) is 3.24. The Balaban J connectivity index is 2.33. The number of aryl methyl sites for hydroxylation is 1. The van der Waals surface area contributed by atoms with Crippen LogP contribution in [-0.2, 0) is 4.74 Å². The van der Waals surface area contributed by atoms with Gasteiger partial charge in [0.2, 0.25) is 0 Å². The molecule has 2 rings (SSSR count). The van der Waals surface area contributed by atoms with Crippen molar-refractivity contribution in [3.63, 3.8) is 0 Å². The minimum absolute atomic E-state index is 0.0564. The van der Waals surface area contributed by atoms with E-state index >= 15 is 0 Å². The lowest BCUT2D eigenvalue weighted by Gasteiger charge is -2.21. The summed E-state index contributed by atoms with van der Waals surface area (Å²) in [5, 5.41) is 0.727. The fraction of sp³-hybridized carbons (Fsp3) is 0.571. The second kappa shape index (κ2) is 5.91. The van der Waals surface area contributed by atoms with E-state index in [-0.39, 0.29) is 6.10 Å². The van der Waals surface area contributed by atoms with Gasteiger partial charge in [-0.2, -0.15) is 0 Å². The topological polar surface area (TPSA) is 44.5 Å². The first-order chi connectivity index (χ1) is 8.67. The molecule has 1 aliphatic rings. The summed E-state index contributed by atoms with van der Waals surface area (Å²) in [6.45, 7) is 3.10. The molecular formula is C14H20ClNO2. The molecule has 0 radical (unpaired) electrons. The molecule has 0 spiro atoms. The standard InChI is InChI=1S/C14H20ClNO2/c1-9-7-11(15)8-12(13(9)17-2)14(10-3-4-10)18-6-5-16/h7-8,10,14H,3-6,16H2,1-2H3. The van der Waals surface area contributed by atoms with Gasteiger partial charge in [-0.15, -0.1) is 0 Å². The van der Waals surface area contributed by atoms with Crippen LogP contribution in [0.2, 0.25) is 5.02 Å². The number of nitrogens with two attached hydrogens (primary N) is 1. The molecule has 3 nitrogen and oxygen atoms in total. The van der Waals surface area contributed by atoms with Gasteiger partial charge in [0.25, 0.3) is 0 Å². The fourth-order valence-corrected chi connectivity index (χ4v) is 2.60. The molecule has 1 unspecified atom stereocenters. The largest absolute Gasteiger partial charge is 0.496 e. The van der Waals surface area contributed by atoms with E-state index in [0.717, 1.165) is 21.9 Å². The molecule has 1 aromatic carbocycles. The van der Waals surface area contributed by atoms with Crippen LogP contribution in [0.4, 0.5) is 0 Å². The van der Waals surface area contributed by atoms with Gasteiger partial charge in [0.05, 0.1) is 19.8 Å². The monoisotopic (exact) mass is 269 g/mol. The van der Waals surface area contributed by atoms with Crippen LogP contribution >= 0.6 is 11.6 Å². The lowest BCUT2D eigenvalue weighted by atomic mass is 10.0. The number of ether oxygens (including phenoxy) is 2. The van der Waals surface area contributed by atoms with Crippen LogP contribution in [-0.4, -0.2) is 20.3 Å². The van der Waals surface area contributed by atoms with Gasteiger partial charge in [-0.1, -0.05) is 11.6 Å². The number of hydrogen-bond donors (Lipinski definition) is 1. The van der Waals surface area contributed by atoms with Crippen molar-refractivity contribution in [3.05, 3.63) is 28.3 Å². The lowest BCUT2D eigenvalue weighted by Crippen LogP contribution is -2.15. The molecule has 0 heterocycles. The molecule has 0 aliphatic heterocycles. The molecule has 100 valence electrons. The molecule has 1 atom stereocenters. The maximum atomic E-state index is 6.15. The van der Waals surface area contributed by atoms with Gasteiger partial charge in [-0.25, -0.2) is 0 Å². The average Bonchev–Trinajstić information content (AvgIpc) is 3.13. The Hall–Kier alpha value is -0.770. The Morgan fingerprint density at radius 1 is 1.44 bits per heavy atom. The summed E-state index contributed by atoms with van der Waals surface area (Å²) >= 11 is 6.15. The summed E-state index contributed by atoms with van der Waals surface area (Å²) in [5.41, 5.74) is 7.62. The summed E-state index contributed by atoms with van der Waals surface area (Å²) in [6.07, 6.45) is 2.45. The van der Waals surface area contributed by atoms with Crippen molar-refractivity contribution in [1.29, 1.82) is 0 Å². The Morgan fingerprint density at radius 2 is 2.17 bits per heavy atom. The summed E-state index contributed by atoms with van der Waals surface area (Å²) < 4.78 is 11.4. The number of benzene rings is 1. The zero-order chi connectivity index (χ0) is 13.1. The van der Waals surface area contributed by atoms with Gasteiger partial charge >= 0.3 is 0 Å². The predicted octanol–water partition coefficient (Wildman–Crippen LogP) is 3.08. The second-order valence-corrected chi connectivity index (χ2v) is 5.20. The van der Waals surface area contributed by atoms with E-state index in [9.17, 15) is 0 Å². The number of methoxy groups -OCH3 is 1. The van der Waals surface area contributed by atoms with Gasteiger partial charge in [0.1, 0.15) is 5.75 Å². The molecule has 18 heavy (non-hydrogen) atoms. The Labute approximate surface area is 113 Å². The first-order valence-electron chi connectivity index (χ1n) is 6.33. The minimum atomic E-state index is 0.0564. The summed E-state index contributed by atoms with van der Waals surface area (Å²) in [4.78, 5) is 0. The van der Waals surface area contributed by atoms with Crippen LogP contribution in [0.5, 0.6) is 5.75 Å². The van der Waals surface area contributed by atoms with Crippen molar-refractivity contribution in [1.82, 2.24) is 0 Å². The molecule has 1 aliphatic carbocycles. The van der Waals surface area contributed by atoms with Crippen molar-refractivity contribution in [2.45, 2.75) is 25.9 Å². The zero-order valence-electron chi connectivity index (χ0n) is 10.9. The van der Waals surface area contributed by atoms with Crippen LogP contribution < -0.4 is 10.5 Å². The van der Waals surface area contributed by atoms with Crippen LogP contribution in [0, 0.1) is 12.8 Å². The molecule has 1 aromatic rings. The van der Waals surface area contributed by atoms with Gasteiger partial charge in [-0.3, -0.25) is 0 Å². The van der Waals surface area contributed by atoms with E-state index in [4.69, 9.17) is 26.8 Å². The third kappa shape index (κ3) is 2.97. The predicted molar refractivity (Wildman–Crippen MR) is 73.2 cm³/mol. The highest BCUT2D eigenvalue weighted by Gasteiger charge is 2.35. The smallest absolute Gasteiger partial charge is 0.127 e. The molecule has 0 bridgehead atoms. The van der Waals surface area contributed by atoms with Crippen molar-refractivity contribution >= 4 is 11.6 Å². The van der Waals surface area contributed by atoms with E-state index in [1.807, 2.05) is 19.1 Å². The number of rotatable bonds is 6. The highest BCUT2D eigenvalue weighted by Crippen LogP contribution is 2.47. The summed E-state index contributed by atoms with van der Waals surface area (Å²) in [6, 6.07) is 3.86. The van der Waals surface area contributed by atoms with Gasteiger partial charge < -0.3 is 15.2 Å². The van der Waals surface area contributed by atoms with Crippen molar-refractivity contribution < 1.29 is 9.47 Å².